The molecule has 88 valence electrons. The monoisotopic (exact) mass is 265 g/mol. The molecule has 0 aliphatic heterocycles. The summed E-state index contributed by atoms with van der Waals surface area (Å²) in [5.74, 6) is 0.200. The van der Waals surface area contributed by atoms with Crippen molar-refractivity contribution in [1.82, 2.24) is 4.98 Å². The lowest BCUT2D eigenvalue weighted by Crippen LogP contribution is -1.93. The van der Waals surface area contributed by atoms with E-state index in [1.165, 1.54) is 0 Å². The van der Waals surface area contributed by atoms with Gasteiger partial charge in [0.05, 0.1) is 5.69 Å². The van der Waals surface area contributed by atoms with Crippen molar-refractivity contribution in [2.75, 3.05) is 0 Å². The molecule has 1 aromatic carbocycles. The van der Waals surface area contributed by atoms with E-state index in [4.69, 9.17) is 11.6 Å². The third-order valence-corrected chi connectivity index (χ3v) is 3.57. The predicted octanol–water partition coefficient (Wildman–Crippen LogP) is 3.99. The molecule has 0 N–H and O–H groups in total. The number of ketones is 1. The van der Waals surface area contributed by atoms with Crippen LogP contribution in [0.3, 0.4) is 0 Å². The van der Waals surface area contributed by atoms with Crippen LogP contribution < -0.4 is 0 Å². The van der Waals surface area contributed by atoms with E-state index in [-0.39, 0.29) is 5.78 Å². The largest absolute Gasteiger partial charge is 0.300 e. The van der Waals surface area contributed by atoms with E-state index in [9.17, 15) is 4.79 Å². The van der Waals surface area contributed by atoms with Crippen molar-refractivity contribution < 1.29 is 4.79 Å². The fraction of sp³-hybridized carbons (Fsp3) is 0.231. The summed E-state index contributed by atoms with van der Waals surface area (Å²) < 4.78 is 0. The minimum atomic E-state index is 0.200. The van der Waals surface area contributed by atoms with Gasteiger partial charge in [-0.25, -0.2) is 4.98 Å². The number of nitrogens with zero attached hydrogens (tertiary/aromatic N) is 1. The third-order valence-electron chi connectivity index (χ3n) is 2.38. The molecule has 17 heavy (non-hydrogen) atoms. The highest BCUT2D eigenvalue weighted by Crippen LogP contribution is 2.25. The van der Waals surface area contributed by atoms with Gasteiger partial charge in [-0.2, -0.15) is 0 Å². The number of benzene rings is 1. The number of hydrogen-bond acceptors (Lipinski definition) is 3. The normalized spacial score (nSPS) is 10.5. The number of hydrogen-bond donors (Lipinski definition) is 0. The molecule has 2 rings (SSSR count). The van der Waals surface area contributed by atoms with E-state index in [2.05, 4.69) is 4.98 Å². The molecular weight excluding hydrogens is 254 g/mol. The molecule has 2 aromatic rings. The van der Waals surface area contributed by atoms with Gasteiger partial charge in [-0.15, -0.1) is 11.3 Å². The summed E-state index contributed by atoms with van der Waals surface area (Å²) in [6, 6.07) is 7.62. The second kappa shape index (κ2) is 5.43. The van der Waals surface area contributed by atoms with E-state index in [1.807, 2.05) is 29.6 Å². The van der Waals surface area contributed by atoms with Crippen LogP contribution in [0.25, 0.3) is 10.6 Å². The summed E-state index contributed by atoms with van der Waals surface area (Å²) in [6.45, 7) is 1.60. The summed E-state index contributed by atoms with van der Waals surface area (Å²) in [5, 5.41) is 3.70. The highest BCUT2D eigenvalue weighted by Gasteiger charge is 2.05. The number of rotatable bonds is 4. The Bertz CT molecular complexity index is 518. The van der Waals surface area contributed by atoms with Gasteiger partial charge in [0, 0.05) is 22.4 Å². The molecule has 1 heterocycles. The molecule has 0 saturated carbocycles. The van der Waals surface area contributed by atoms with Crippen LogP contribution in [0.5, 0.6) is 0 Å². The van der Waals surface area contributed by atoms with E-state index < -0.39 is 0 Å². The average Bonchev–Trinajstić information content (AvgIpc) is 2.76. The van der Waals surface area contributed by atoms with E-state index in [0.29, 0.717) is 6.42 Å². The van der Waals surface area contributed by atoms with Crippen molar-refractivity contribution in [1.29, 1.82) is 0 Å². The zero-order valence-corrected chi connectivity index (χ0v) is 11.0. The van der Waals surface area contributed by atoms with Crippen molar-refractivity contribution in [2.24, 2.45) is 0 Å². The standard InChI is InChI=1S/C13H12ClNOS/c1-9(16)2-7-12-8-17-13(15-12)10-3-5-11(14)6-4-10/h3-6,8H,2,7H2,1H3. The molecule has 4 heteroatoms. The van der Waals surface area contributed by atoms with Gasteiger partial charge in [-0.3, -0.25) is 0 Å². The third kappa shape index (κ3) is 3.38. The molecule has 0 atom stereocenters. The molecule has 0 aliphatic rings. The highest BCUT2D eigenvalue weighted by molar-refractivity contribution is 7.13. The minimum absolute atomic E-state index is 0.200. The lowest BCUT2D eigenvalue weighted by Gasteiger charge is -1.96. The number of carbonyl (C=O) groups is 1. The van der Waals surface area contributed by atoms with Crippen molar-refractivity contribution in [3.8, 4) is 10.6 Å². The SMILES string of the molecule is CC(=O)CCc1csc(-c2ccc(Cl)cc2)n1. The Kier molecular flexibility index (Phi) is 3.92. The smallest absolute Gasteiger partial charge is 0.130 e. The van der Waals surface area contributed by atoms with Gasteiger partial charge in [0.15, 0.2) is 0 Å². The van der Waals surface area contributed by atoms with Gasteiger partial charge in [0.2, 0.25) is 0 Å². The zero-order chi connectivity index (χ0) is 12.3. The Morgan fingerprint density at radius 1 is 1.35 bits per heavy atom. The van der Waals surface area contributed by atoms with Crippen LogP contribution in [-0.4, -0.2) is 10.8 Å². The highest BCUT2D eigenvalue weighted by atomic mass is 35.5. The maximum absolute atomic E-state index is 10.9. The summed E-state index contributed by atoms with van der Waals surface area (Å²) >= 11 is 7.43. The van der Waals surface area contributed by atoms with Crippen molar-refractivity contribution >= 4 is 28.7 Å². The van der Waals surface area contributed by atoms with Gasteiger partial charge < -0.3 is 4.79 Å². The zero-order valence-electron chi connectivity index (χ0n) is 9.44. The van der Waals surface area contributed by atoms with Gasteiger partial charge in [0.25, 0.3) is 0 Å². The van der Waals surface area contributed by atoms with E-state index in [1.54, 1.807) is 18.3 Å². The molecule has 1 aromatic heterocycles. The second-order valence-electron chi connectivity index (χ2n) is 3.85. The lowest BCUT2D eigenvalue weighted by atomic mass is 10.2. The first-order valence-electron chi connectivity index (χ1n) is 5.35. The average molecular weight is 266 g/mol. The molecule has 0 unspecified atom stereocenters. The topological polar surface area (TPSA) is 30.0 Å². The quantitative estimate of drug-likeness (QED) is 0.837. The van der Waals surface area contributed by atoms with Crippen LogP contribution >= 0.6 is 22.9 Å². The molecule has 0 spiro atoms. The molecular formula is C13H12ClNOS. The van der Waals surface area contributed by atoms with Gasteiger partial charge in [-0.1, -0.05) is 23.7 Å². The number of halogens is 1. The van der Waals surface area contributed by atoms with Crippen LogP contribution in [0.15, 0.2) is 29.6 Å². The number of Topliss-reactive ketones (excluding diaryl/α,β-unsaturated/α-hetero) is 1. The van der Waals surface area contributed by atoms with Crippen molar-refractivity contribution in [3.05, 3.63) is 40.4 Å². The minimum Gasteiger partial charge on any atom is -0.300 e. The molecule has 2 nitrogen and oxygen atoms in total. The molecule has 0 bridgehead atoms. The molecule has 0 fully saturated rings. The van der Waals surface area contributed by atoms with Crippen LogP contribution in [-0.2, 0) is 11.2 Å². The summed E-state index contributed by atoms with van der Waals surface area (Å²) in [6.07, 6.45) is 1.28. The summed E-state index contributed by atoms with van der Waals surface area (Å²) in [4.78, 5) is 15.4. The van der Waals surface area contributed by atoms with Crippen LogP contribution in [0.2, 0.25) is 5.02 Å². The first-order chi connectivity index (χ1) is 8.15. The Labute approximate surface area is 109 Å². The van der Waals surface area contributed by atoms with Gasteiger partial charge in [0.1, 0.15) is 10.8 Å². The Morgan fingerprint density at radius 2 is 2.06 bits per heavy atom. The number of aryl methyl sites for hydroxylation is 1. The fourth-order valence-electron chi connectivity index (χ4n) is 1.45. The number of carbonyl (C=O) groups excluding carboxylic acids is 1. The number of aromatic nitrogens is 1. The van der Waals surface area contributed by atoms with Gasteiger partial charge >= 0.3 is 0 Å². The molecule has 0 saturated heterocycles. The van der Waals surface area contributed by atoms with Crippen LogP contribution in [0, 0.1) is 0 Å². The number of thiazole rings is 1. The van der Waals surface area contributed by atoms with Crippen molar-refractivity contribution in [2.45, 2.75) is 19.8 Å². The van der Waals surface area contributed by atoms with Crippen LogP contribution in [0.1, 0.15) is 19.0 Å². The fourth-order valence-corrected chi connectivity index (χ4v) is 2.44. The Hall–Kier alpha value is -1.19. The van der Waals surface area contributed by atoms with Crippen molar-refractivity contribution in [3.63, 3.8) is 0 Å². The first kappa shape index (κ1) is 12.3. The maximum Gasteiger partial charge on any atom is 0.130 e. The van der Waals surface area contributed by atoms with Crippen LogP contribution in [0.4, 0.5) is 0 Å². The van der Waals surface area contributed by atoms with Gasteiger partial charge in [-0.05, 0) is 25.5 Å². The summed E-state index contributed by atoms with van der Waals surface area (Å²) in [7, 11) is 0. The predicted molar refractivity (Wildman–Crippen MR) is 71.6 cm³/mol. The maximum atomic E-state index is 10.9. The van der Waals surface area contributed by atoms with E-state index in [0.717, 1.165) is 27.7 Å². The second-order valence-corrected chi connectivity index (χ2v) is 5.15. The Morgan fingerprint density at radius 3 is 2.71 bits per heavy atom. The van der Waals surface area contributed by atoms with E-state index >= 15 is 0 Å². The lowest BCUT2D eigenvalue weighted by molar-refractivity contribution is -0.116. The summed E-state index contributed by atoms with van der Waals surface area (Å²) in [5.41, 5.74) is 2.05. The molecule has 0 amide bonds. The first-order valence-corrected chi connectivity index (χ1v) is 6.60. The molecule has 0 radical (unpaired) electrons. The Balaban J connectivity index is 2.12. The molecule has 0 aliphatic carbocycles.